The quantitative estimate of drug-likeness (QED) is 0.763. The molecule has 1 amide bonds. The van der Waals surface area contributed by atoms with Gasteiger partial charge in [-0.1, -0.05) is 19.3 Å². The largest absolute Gasteiger partial charge is 0.339 e. The van der Waals surface area contributed by atoms with Gasteiger partial charge in [-0.25, -0.2) is 8.42 Å². The molecule has 5 heteroatoms. The van der Waals surface area contributed by atoms with Crippen molar-refractivity contribution in [1.82, 2.24) is 4.90 Å². The van der Waals surface area contributed by atoms with Crippen molar-refractivity contribution < 1.29 is 13.2 Å². The molecule has 0 radical (unpaired) electrons. The zero-order valence-electron chi connectivity index (χ0n) is 14.7. The molecule has 0 aromatic rings. The zero-order chi connectivity index (χ0) is 16.7. The number of hydrogen-bond acceptors (Lipinski definition) is 3. The first-order valence-electron chi connectivity index (χ1n) is 10.0. The lowest BCUT2D eigenvalue weighted by Gasteiger charge is -2.30. The van der Waals surface area contributed by atoms with Gasteiger partial charge < -0.3 is 4.90 Å². The fourth-order valence-electron chi connectivity index (χ4n) is 6.04. The third kappa shape index (κ3) is 3.25. The maximum absolute atomic E-state index is 12.7. The molecule has 4 atom stereocenters. The minimum atomic E-state index is -3.25. The highest BCUT2D eigenvalue weighted by Crippen LogP contribution is 2.50. The number of rotatable bonds is 5. The van der Waals surface area contributed by atoms with E-state index in [2.05, 4.69) is 0 Å². The lowest BCUT2D eigenvalue weighted by atomic mass is 9.84. The SMILES string of the molecule is O=C(CS(=O)(=O)C1CCCC1)N1CCC[C@H]1C[C@H]1C[C@H]2CC[C@H]1C2. The van der Waals surface area contributed by atoms with Gasteiger partial charge in [0.1, 0.15) is 5.75 Å². The van der Waals surface area contributed by atoms with Crippen molar-refractivity contribution in [1.29, 1.82) is 0 Å². The van der Waals surface area contributed by atoms with Crippen LogP contribution in [0.3, 0.4) is 0 Å². The number of carbonyl (C=O) groups excluding carboxylic acids is 1. The van der Waals surface area contributed by atoms with E-state index < -0.39 is 9.84 Å². The van der Waals surface area contributed by atoms with E-state index in [1.54, 1.807) is 0 Å². The van der Waals surface area contributed by atoms with Gasteiger partial charge in [0, 0.05) is 12.6 Å². The summed E-state index contributed by atoms with van der Waals surface area (Å²) in [5.41, 5.74) is 0. The van der Waals surface area contributed by atoms with Crippen molar-refractivity contribution in [3.63, 3.8) is 0 Å². The van der Waals surface area contributed by atoms with Gasteiger partial charge in [0.25, 0.3) is 0 Å². The molecule has 24 heavy (non-hydrogen) atoms. The Balaban J connectivity index is 1.36. The van der Waals surface area contributed by atoms with Gasteiger partial charge in [-0.2, -0.15) is 0 Å². The molecule has 4 nitrogen and oxygen atoms in total. The van der Waals surface area contributed by atoms with Crippen molar-refractivity contribution in [2.75, 3.05) is 12.3 Å². The number of carbonyl (C=O) groups is 1. The second-order valence-corrected chi connectivity index (χ2v) is 11.0. The van der Waals surface area contributed by atoms with Crippen LogP contribution in [0.15, 0.2) is 0 Å². The second-order valence-electron chi connectivity index (χ2n) is 8.77. The Hall–Kier alpha value is -0.580. The minimum Gasteiger partial charge on any atom is -0.339 e. The topological polar surface area (TPSA) is 54.5 Å². The lowest BCUT2D eigenvalue weighted by Crippen LogP contribution is -2.41. The molecule has 0 unspecified atom stereocenters. The first-order valence-corrected chi connectivity index (χ1v) is 11.8. The maximum atomic E-state index is 12.7. The van der Waals surface area contributed by atoms with E-state index >= 15 is 0 Å². The van der Waals surface area contributed by atoms with Crippen molar-refractivity contribution in [3.05, 3.63) is 0 Å². The number of hydrogen-bond donors (Lipinski definition) is 0. The highest BCUT2D eigenvalue weighted by Gasteiger charge is 2.42. The van der Waals surface area contributed by atoms with Crippen molar-refractivity contribution in [3.8, 4) is 0 Å². The van der Waals surface area contributed by atoms with Crippen LogP contribution in [-0.2, 0) is 14.6 Å². The van der Waals surface area contributed by atoms with Gasteiger partial charge >= 0.3 is 0 Å². The van der Waals surface area contributed by atoms with Crippen LogP contribution in [0.25, 0.3) is 0 Å². The minimum absolute atomic E-state index is 0.118. The summed E-state index contributed by atoms with van der Waals surface area (Å²) < 4.78 is 25.0. The van der Waals surface area contributed by atoms with E-state index in [0.717, 1.165) is 69.2 Å². The Morgan fingerprint density at radius 3 is 2.42 bits per heavy atom. The van der Waals surface area contributed by atoms with Crippen LogP contribution in [0.5, 0.6) is 0 Å². The molecule has 3 saturated carbocycles. The molecule has 1 heterocycles. The zero-order valence-corrected chi connectivity index (χ0v) is 15.5. The molecule has 4 rings (SSSR count). The Morgan fingerprint density at radius 1 is 0.958 bits per heavy atom. The predicted molar refractivity (Wildman–Crippen MR) is 94.3 cm³/mol. The molecule has 4 aliphatic rings. The smallest absolute Gasteiger partial charge is 0.238 e. The molecule has 0 aromatic heterocycles. The van der Waals surface area contributed by atoms with Crippen LogP contribution in [0.2, 0.25) is 0 Å². The highest BCUT2D eigenvalue weighted by molar-refractivity contribution is 7.92. The monoisotopic (exact) mass is 353 g/mol. The average Bonchev–Trinajstić information content (AvgIpc) is 3.31. The molecule has 4 fully saturated rings. The first kappa shape index (κ1) is 16.9. The Bertz CT molecular complexity index is 581. The van der Waals surface area contributed by atoms with E-state index in [-0.39, 0.29) is 16.9 Å². The van der Waals surface area contributed by atoms with Gasteiger partial charge in [-0.15, -0.1) is 0 Å². The number of amides is 1. The van der Waals surface area contributed by atoms with Crippen molar-refractivity contribution >= 4 is 15.7 Å². The fourth-order valence-corrected chi connectivity index (χ4v) is 7.84. The fraction of sp³-hybridized carbons (Fsp3) is 0.947. The van der Waals surface area contributed by atoms with Crippen LogP contribution in [0, 0.1) is 17.8 Å². The summed E-state index contributed by atoms with van der Waals surface area (Å²) in [5, 5.41) is -0.256. The highest BCUT2D eigenvalue weighted by atomic mass is 32.2. The van der Waals surface area contributed by atoms with Crippen LogP contribution >= 0.6 is 0 Å². The summed E-state index contributed by atoms with van der Waals surface area (Å²) in [6.45, 7) is 0.768. The standard InChI is InChI=1S/C19H31NO3S/c21-19(13-24(22,23)18-5-1-2-6-18)20-9-3-4-17(20)12-16-11-14-7-8-15(16)10-14/h14-18H,1-13H2/t14-,15-,16+,17-/m0/s1. The molecular weight excluding hydrogens is 322 g/mol. The molecule has 0 spiro atoms. The summed E-state index contributed by atoms with van der Waals surface area (Å²) in [7, 11) is -3.25. The van der Waals surface area contributed by atoms with E-state index in [1.807, 2.05) is 4.90 Å². The Labute approximate surface area is 146 Å². The van der Waals surface area contributed by atoms with E-state index in [4.69, 9.17) is 0 Å². The number of likely N-dealkylation sites (tertiary alicyclic amines) is 1. The molecule has 0 aromatic carbocycles. The Morgan fingerprint density at radius 2 is 1.75 bits per heavy atom. The first-order chi connectivity index (χ1) is 11.5. The van der Waals surface area contributed by atoms with Gasteiger partial charge in [0.2, 0.25) is 5.91 Å². The summed E-state index contributed by atoms with van der Waals surface area (Å²) in [6.07, 6.45) is 12.3. The molecular formula is C19H31NO3S. The van der Waals surface area contributed by atoms with Crippen molar-refractivity contribution in [2.24, 2.45) is 17.8 Å². The third-order valence-electron chi connectivity index (χ3n) is 7.29. The summed E-state index contributed by atoms with van der Waals surface area (Å²) in [6, 6.07) is 0.306. The summed E-state index contributed by atoms with van der Waals surface area (Å²) in [4.78, 5) is 14.6. The molecule has 3 aliphatic carbocycles. The maximum Gasteiger partial charge on any atom is 0.238 e. The van der Waals surface area contributed by atoms with E-state index in [9.17, 15) is 13.2 Å². The Kier molecular flexibility index (Phi) is 4.65. The van der Waals surface area contributed by atoms with Crippen LogP contribution in [-0.4, -0.2) is 42.8 Å². The molecule has 136 valence electrons. The van der Waals surface area contributed by atoms with Gasteiger partial charge in [-0.3, -0.25) is 4.79 Å². The second kappa shape index (κ2) is 6.62. The third-order valence-corrected chi connectivity index (χ3v) is 9.43. The molecule has 1 aliphatic heterocycles. The number of fused-ring (bicyclic) bond motifs is 2. The summed E-state index contributed by atoms with van der Waals surface area (Å²) in [5.74, 6) is 2.24. The molecule has 1 saturated heterocycles. The van der Waals surface area contributed by atoms with Crippen LogP contribution in [0.1, 0.15) is 70.6 Å². The van der Waals surface area contributed by atoms with E-state index in [1.165, 1.54) is 25.7 Å². The summed E-state index contributed by atoms with van der Waals surface area (Å²) >= 11 is 0. The molecule has 2 bridgehead atoms. The lowest BCUT2D eigenvalue weighted by molar-refractivity contribution is -0.129. The number of nitrogens with zero attached hydrogens (tertiary/aromatic N) is 1. The van der Waals surface area contributed by atoms with Gasteiger partial charge in [-0.05, 0) is 69.1 Å². The predicted octanol–water partition coefficient (Wildman–Crippen LogP) is 3.16. The normalized spacial score (nSPS) is 36.8. The van der Waals surface area contributed by atoms with Crippen molar-refractivity contribution in [2.45, 2.75) is 81.9 Å². The van der Waals surface area contributed by atoms with E-state index in [0.29, 0.717) is 6.04 Å². The van der Waals surface area contributed by atoms with Crippen LogP contribution < -0.4 is 0 Å². The van der Waals surface area contributed by atoms with Crippen LogP contribution in [0.4, 0.5) is 0 Å². The van der Waals surface area contributed by atoms with Gasteiger partial charge in [0.15, 0.2) is 9.84 Å². The average molecular weight is 354 g/mol. The molecule has 0 N–H and O–H groups in total. The van der Waals surface area contributed by atoms with Gasteiger partial charge in [0.05, 0.1) is 5.25 Å². The number of sulfone groups is 1.